The molecule has 0 amide bonds. The van der Waals surface area contributed by atoms with Crippen molar-refractivity contribution in [3.63, 3.8) is 0 Å². The van der Waals surface area contributed by atoms with Gasteiger partial charge in [-0.05, 0) is 37.5 Å². The molecule has 0 aromatic heterocycles. The Hall–Kier alpha value is -0.120. The molecular formula is C14H28N2O. The first-order valence-electron chi connectivity index (χ1n) is 7.44. The zero-order valence-corrected chi connectivity index (χ0v) is 11.0. The number of hydrazine groups is 1. The number of ether oxygens (including phenoxy) is 1. The smallest absolute Gasteiger partial charge is 0.0509 e. The van der Waals surface area contributed by atoms with Crippen molar-refractivity contribution in [1.82, 2.24) is 5.43 Å². The van der Waals surface area contributed by atoms with Gasteiger partial charge in [-0.15, -0.1) is 0 Å². The molecular weight excluding hydrogens is 212 g/mol. The molecule has 0 radical (unpaired) electrons. The van der Waals surface area contributed by atoms with Gasteiger partial charge in [0.25, 0.3) is 0 Å². The molecule has 1 heterocycles. The van der Waals surface area contributed by atoms with Crippen LogP contribution in [0.4, 0.5) is 0 Å². The van der Waals surface area contributed by atoms with Crippen molar-refractivity contribution >= 4 is 0 Å². The molecule has 0 aromatic rings. The van der Waals surface area contributed by atoms with E-state index in [0.717, 1.165) is 19.1 Å². The molecule has 3 N–H and O–H groups in total. The largest absolute Gasteiger partial charge is 0.381 e. The molecule has 1 saturated heterocycles. The van der Waals surface area contributed by atoms with Crippen LogP contribution >= 0.6 is 0 Å². The van der Waals surface area contributed by atoms with Crippen LogP contribution in [0.5, 0.6) is 0 Å². The first-order valence-corrected chi connectivity index (χ1v) is 7.44. The normalized spacial score (nSPS) is 29.1. The monoisotopic (exact) mass is 240 g/mol. The van der Waals surface area contributed by atoms with Crippen LogP contribution in [0.2, 0.25) is 0 Å². The Morgan fingerprint density at radius 2 is 1.94 bits per heavy atom. The first-order chi connectivity index (χ1) is 8.40. The molecule has 1 saturated carbocycles. The summed E-state index contributed by atoms with van der Waals surface area (Å²) in [6.45, 7) is 1.84. The Bertz CT molecular complexity index is 198. The van der Waals surface area contributed by atoms with Crippen LogP contribution in [-0.4, -0.2) is 19.3 Å². The third-order valence-electron chi connectivity index (χ3n) is 4.59. The number of nitrogens with one attached hydrogen (secondary N) is 1. The summed E-state index contributed by atoms with van der Waals surface area (Å²) in [5.74, 6) is 7.31. The van der Waals surface area contributed by atoms with Crippen molar-refractivity contribution in [2.75, 3.05) is 13.2 Å². The van der Waals surface area contributed by atoms with E-state index in [1.165, 1.54) is 57.8 Å². The van der Waals surface area contributed by atoms with Crippen LogP contribution < -0.4 is 11.3 Å². The molecule has 0 aromatic carbocycles. The topological polar surface area (TPSA) is 47.3 Å². The highest BCUT2D eigenvalue weighted by atomic mass is 16.5. The van der Waals surface area contributed by atoms with E-state index in [1.807, 2.05) is 0 Å². The van der Waals surface area contributed by atoms with Gasteiger partial charge in [0, 0.05) is 12.6 Å². The van der Waals surface area contributed by atoms with Gasteiger partial charge in [-0.2, -0.15) is 0 Å². The second kappa shape index (κ2) is 7.34. The molecule has 1 aliphatic heterocycles. The van der Waals surface area contributed by atoms with Gasteiger partial charge in [0.2, 0.25) is 0 Å². The van der Waals surface area contributed by atoms with Gasteiger partial charge in [-0.3, -0.25) is 11.3 Å². The predicted octanol–water partition coefficient (Wildman–Crippen LogP) is 2.61. The van der Waals surface area contributed by atoms with Gasteiger partial charge >= 0.3 is 0 Å². The van der Waals surface area contributed by atoms with Crippen LogP contribution in [0.25, 0.3) is 0 Å². The van der Waals surface area contributed by atoms with E-state index in [4.69, 9.17) is 10.6 Å². The van der Waals surface area contributed by atoms with Gasteiger partial charge in [0.15, 0.2) is 0 Å². The fourth-order valence-corrected chi connectivity index (χ4v) is 3.43. The zero-order chi connectivity index (χ0) is 11.9. The summed E-state index contributed by atoms with van der Waals surface area (Å²) in [6.07, 6.45) is 12.3. The minimum Gasteiger partial charge on any atom is -0.381 e. The van der Waals surface area contributed by atoms with Crippen LogP contribution in [-0.2, 0) is 4.74 Å². The summed E-state index contributed by atoms with van der Waals surface area (Å²) in [5, 5.41) is 0. The molecule has 2 unspecified atom stereocenters. The van der Waals surface area contributed by atoms with Crippen LogP contribution in [0.3, 0.4) is 0 Å². The third kappa shape index (κ3) is 4.23. The van der Waals surface area contributed by atoms with Crippen LogP contribution in [0.1, 0.15) is 57.8 Å². The lowest BCUT2D eigenvalue weighted by molar-refractivity contribution is 0.0366. The van der Waals surface area contributed by atoms with E-state index in [0.29, 0.717) is 12.0 Å². The van der Waals surface area contributed by atoms with E-state index < -0.39 is 0 Å². The number of rotatable bonds is 5. The highest BCUT2D eigenvalue weighted by Crippen LogP contribution is 2.29. The summed E-state index contributed by atoms with van der Waals surface area (Å²) in [5.41, 5.74) is 3.03. The lowest BCUT2D eigenvalue weighted by Crippen LogP contribution is -2.44. The maximum Gasteiger partial charge on any atom is 0.0509 e. The average Bonchev–Trinajstić information content (AvgIpc) is 2.42. The minimum absolute atomic E-state index is 0.470. The molecule has 3 nitrogen and oxygen atoms in total. The highest BCUT2D eigenvalue weighted by molar-refractivity contribution is 4.78. The van der Waals surface area contributed by atoms with Gasteiger partial charge in [0.05, 0.1) is 6.61 Å². The SMILES string of the molecule is NNC(CCC1CCCCC1)C1CCCOC1. The molecule has 17 heavy (non-hydrogen) atoms. The van der Waals surface area contributed by atoms with E-state index in [2.05, 4.69) is 5.43 Å². The maximum atomic E-state index is 5.71. The molecule has 0 spiro atoms. The molecule has 0 bridgehead atoms. The second-order valence-electron chi connectivity index (χ2n) is 5.83. The Kier molecular flexibility index (Phi) is 5.75. The molecule has 2 fully saturated rings. The van der Waals surface area contributed by atoms with Crippen molar-refractivity contribution in [2.45, 2.75) is 63.8 Å². The standard InChI is InChI=1S/C14H28N2O/c15-16-14(13-7-4-10-17-11-13)9-8-12-5-2-1-3-6-12/h12-14,16H,1-11,15H2. The average molecular weight is 240 g/mol. The highest BCUT2D eigenvalue weighted by Gasteiger charge is 2.24. The van der Waals surface area contributed by atoms with Gasteiger partial charge in [0.1, 0.15) is 0 Å². The molecule has 1 aliphatic carbocycles. The molecule has 100 valence electrons. The first kappa shape index (κ1) is 13.3. The van der Waals surface area contributed by atoms with Gasteiger partial charge < -0.3 is 4.74 Å². The number of hydrogen-bond donors (Lipinski definition) is 2. The van der Waals surface area contributed by atoms with Crippen molar-refractivity contribution in [2.24, 2.45) is 17.7 Å². The summed E-state index contributed by atoms with van der Waals surface area (Å²) in [4.78, 5) is 0. The molecule has 2 aliphatic rings. The molecule has 3 heteroatoms. The van der Waals surface area contributed by atoms with Crippen molar-refractivity contribution in [1.29, 1.82) is 0 Å². The van der Waals surface area contributed by atoms with E-state index in [-0.39, 0.29) is 0 Å². The molecule has 2 rings (SSSR count). The minimum atomic E-state index is 0.470. The van der Waals surface area contributed by atoms with Crippen molar-refractivity contribution in [3.8, 4) is 0 Å². The van der Waals surface area contributed by atoms with Crippen LogP contribution in [0.15, 0.2) is 0 Å². The Morgan fingerprint density at radius 1 is 1.12 bits per heavy atom. The number of hydrogen-bond acceptors (Lipinski definition) is 3. The summed E-state index contributed by atoms with van der Waals surface area (Å²) >= 11 is 0. The fraction of sp³-hybridized carbons (Fsp3) is 1.00. The Balaban J connectivity index is 1.70. The van der Waals surface area contributed by atoms with Crippen molar-refractivity contribution < 1.29 is 4.74 Å². The Labute approximate surface area is 105 Å². The number of nitrogens with two attached hydrogens (primary N) is 1. The van der Waals surface area contributed by atoms with Gasteiger partial charge in [-0.1, -0.05) is 32.1 Å². The predicted molar refractivity (Wildman–Crippen MR) is 70.5 cm³/mol. The lowest BCUT2D eigenvalue weighted by Gasteiger charge is -2.31. The van der Waals surface area contributed by atoms with Crippen molar-refractivity contribution in [3.05, 3.63) is 0 Å². The van der Waals surface area contributed by atoms with E-state index >= 15 is 0 Å². The third-order valence-corrected chi connectivity index (χ3v) is 4.59. The molecule has 2 atom stereocenters. The fourth-order valence-electron chi connectivity index (χ4n) is 3.43. The lowest BCUT2D eigenvalue weighted by atomic mass is 9.83. The van der Waals surface area contributed by atoms with Crippen LogP contribution in [0, 0.1) is 11.8 Å². The second-order valence-corrected chi connectivity index (χ2v) is 5.83. The Morgan fingerprint density at radius 3 is 2.59 bits per heavy atom. The van der Waals surface area contributed by atoms with E-state index in [9.17, 15) is 0 Å². The van der Waals surface area contributed by atoms with E-state index in [1.54, 1.807) is 0 Å². The zero-order valence-electron chi connectivity index (χ0n) is 11.0. The van der Waals surface area contributed by atoms with Gasteiger partial charge in [-0.25, -0.2) is 0 Å². The quantitative estimate of drug-likeness (QED) is 0.573. The maximum absolute atomic E-state index is 5.71. The summed E-state index contributed by atoms with van der Waals surface area (Å²) in [6, 6.07) is 0.470. The summed E-state index contributed by atoms with van der Waals surface area (Å²) in [7, 11) is 0. The summed E-state index contributed by atoms with van der Waals surface area (Å²) < 4.78 is 5.56.